The van der Waals surface area contributed by atoms with Crippen LogP contribution in [0.3, 0.4) is 0 Å². The van der Waals surface area contributed by atoms with Gasteiger partial charge in [-0.2, -0.15) is 0 Å². The molecule has 0 aliphatic carbocycles. The molecule has 2 aromatic heterocycles. The fraction of sp³-hybridized carbons (Fsp3) is 0.0667. The van der Waals surface area contributed by atoms with Crippen molar-refractivity contribution in [2.75, 3.05) is 7.11 Å². The van der Waals surface area contributed by atoms with Crippen molar-refractivity contribution in [2.45, 2.75) is 0 Å². The van der Waals surface area contributed by atoms with E-state index in [1.54, 1.807) is 0 Å². The Morgan fingerprint density at radius 2 is 1.56 bits per heavy atom. The Kier molecular flexibility index (Phi) is 4.03. The Bertz CT molecular complexity index is 973. The molecule has 0 N–H and O–H groups in total. The second kappa shape index (κ2) is 6.04. The minimum atomic E-state index is -2.25. The molecule has 0 spiro atoms. The Morgan fingerprint density at radius 1 is 0.960 bits per heavy atom. The fourth-order valence-electron chi connectivity index (χ4n) is 2.12. The summed E-state index contributed by atoms with van der Waals surface area (Å²) in [5, 5.41) is 0. The fourth-order valence-corrected chi connectivity index (χ4v) is 2.12. The Balaban J connectivity index is 2.13. The maximum atomic E-state index is 13.9. The van der Waals surface area contributed by atoms with Gasteiger partial charge in [0, 0.05) is 6.20 Å². The summed E-state index contributed by atoms with van der Waals surface area (Å²) in [5.41, 5.74) is -1.52. The van der Waals surface area contributed by atoms with Crippen LogP contribution in [0.25, 0.3) is 16.9 Å². The number of benzene rings is 1. The van der Waals surface area contributed by atoms with Crippen molar-refractivity contribution in [3.05, 3.63) is 53.6 Å². The van der Waals surface area contributed by atoms with Gasteiger partial charge in [-0.05, 0) is 12.1 Å². The number of rotatable bonds is 2. The van der Waals surface area contributed by atoms with E-state index in [1.807, 2.05) is 0 Å². The van der Waals surface area contributed by atoms with Crippen LogP contribution < -0.4 is 4.74 Å². The molecule has 25 heavy (non-hydrogen) atoms. The van der Waals surface area contributed by atoms with Gasteiger partial charge in [-0.1, -0.05) is 0 Å². The third-order valence-corrected chi connectivity index (χ3v) is 3.26. The van der Waals surface area contributed by atoms with E-state index in [9.17, 15) is 26.7 Å². The molecule has 0 aliphatic rings. The number of ether oxygens (including phenoxy) is 2. The van der Waals surface area contributed by atoms with Gasteiger partial charge in [0.2, 0.25) is 5.82 Å². The molecule has 0 atom stereocenters. The third kappa shape index (κ3) is 2.75. The van der Waals surface area contributed by atoms with Crippen LogP contribution in [-0.4, -0.2) is 22.6 Å². The second-order valence-corrected chi connectivity index (χ2v) is 4.76. The summed E-state index contributed by atoms with van der Waals surface area (Å²) in [6.07, 6.45) is 1.24. The van der Waals surface area contributed by atoms with Gasteiger partial charge in [-0.25, -0.2) is 31.7 Å². The first-order chi connectivity index (χ1) is 11.8. The van der Waals surface area contributed by atoms with Crippen LogP contribution in [0.4, 0.5) is 26.7 Å². The van der Waals surface area contributed by atoms with Crippen LogP contribution in [0.1, 0.15) is 0 Å². The molecule has 130 valence electrons. The summed E-state index contributed by atoms with van der Waals surface area (Å²) in [7, 11) is 1.10. The summed E-state index contributed by atoms with van der Waals surface area (Å²) in [6.45, 7) is 0. The van der Waals surface area contributed by atoms with Crippen LogP contribution in [0.2, 0.25) is 0 Å². The molecule has 3 rings (SSSR count). The zero-order chi connectivity index (χ0) is 18.3. The van der Waals surface area contributed by atoms with Crippen LogP contribution in [0.5, 0.6) is 5.75 Å². The molecular weight excluding hydrogens is 351 g/mol. The second-order valence-electron chi connectivity index (χ2n) is 4.76. The lowest BCUT2D eigenvalue weighted by molar-refractivity contribution is 0.121. The molecule has 10 heteroatoms. The average Bonchev–Trinajstić information content (AvgIpc) is 3.01. The van der Waals surface area contributed by atoms with E-state index in [2.05, 4.69) is 9.72 Å². The summed E-state index contributed by atoms with van der Waals surface area (Å²) < 4.78 is 77.7. The molecule has 5 nitrogen and oxygen atoms in total. The molecule has 1 aromatic carbocycles. The maximum Gasteiger partial charge on any atom is 0.513 e. The van der Waals surface area contributed by atoms with E-state index < -0.39 is 46.5 Å². The molecular formula is C15H7F5N2O3. The lowest BCUT2D eigenvalue weighted by Gasteiger charge is -2.05. The van der Waals surface area contributed by atoms with Gasteiger partial charge < -0.3 is 13.9 Å². The largest absolute Gasteiger partial charge is 0.513 e. The maximum absolute atomic E-state index is 13.9. The molecule has 0 aliphatic heterocycles. The average molecular weight is 358 g/mol. The minimum Gasteiger partial charge on any atom is -0.437 e. The number of aromatic nitrogens is 2. The quantitative estimate of drug-likeness (QED) is 0.302. The molecule has 0 bridgehead atoms. The van der Waals surface area contributed by atoms with Gasteiger partial charge >= 0.3 is 6.16 Å². The smallest absolute Gasteiger partial charge is 0.437 e. The van der Waals surface area contributed by atoms with Gasteiger partial charge in [0.25, 0.3) is 0 Å². The van der Waals surface area contributed by atoms with Gasteiger partial charge in [-0.3, -0.25) is 0 Å². The number of halogens is 5. The van der Waals surface area contributed by atoms with Gasteiger partial charge in [0.15, 0.2) is 29.0 Å². The van der Waals surface area contributed by atoms with Crippen LogP contribution >= 0.6 is 0 Å². The SMILES string of the molecule is COC(=O)Oc1ccc2nc(-c3c(F)c(F)c(F)c(F)c3F)cn2c1. The van der Waals surface area contributed by atoms with E-state index in [1.165, 1.54) is 22.7 Å². The highest BCUT2D eigenvalue weighted by Crippen LogP contribution is 2.31. The van der Waals surface area contributed by atoms with Crippen molar-refractivity contribution in [2.24, 2.45) is 0 Å². The predicted molar refractivity (Wildman–Crippen MR) is 73.5 cm³/mol. The van der Waals surface area contributed by atoms with Crippen LogP contribution in [0.15, 0.2) is 24.5 Å². The summed E-state index contributed by atoms with van der Waals surface area (Å²) in [6, 6.07) is 2.62. The molecule has 0 amide bonds. The zero-order valence-corrected chi connectivity index (χ0v) is 12.3. The number of nitrogens with zero attached hydrogens (tertiary/aromatic N) is 2. The number of carbonyl (C=O) groups excluding carboxylic acids is 1. The van der Waals surface area contributed by atoms with E-state index >= 15 is 0 Å². The zero-order valence-electron chi connectivity index (χ0n) is 12.3. The molecule has 3 aromatic rings. The summed E-state index contributed by atoms with van der Waals surface area (Å²) >= 11 is 0. The summed E-state index contributed by atoms with van der Waals surface area (Å²) in [5.74, 6) is -10.4. The van der Waals surface area contributed by atoms with E-state index in [-0.39, 0.29) is 11.4 Å². The van der Waals surface area contributed by atoms with Gasteiger partial charge in [-0.15, -0.1) is 0 Å². The number of methoxy groups -OCH3 is 1. The predicted octanol–water partition coefficient (Wildman–Crippen LogP) is 3.84. The first kappa shape index (κ1) is 16.7. The van der Waals surface area contributed by atoms with Crippen molar-refractivity contribution >= 4 is 11.8 Å². The Hall–Kier alpha value is -3.17. The first-order valence-corrected chi connectivity index (χ1v) is 6.59. The minimum absolute atomic E-state index is 0.0145. The van der Waals surface area contributed by atoms with Crippen molar-refractivity contribution in [3.63, 3.8) is 0 Å². The lowest BCUT2D eigenvalue weighted by Crippen LogP contribution is -2.07. The lowest BCUT2D eigenvalue weighted by atomic mass is 10.1. The van der Waals surface area contributed by atoms with E-state index in [0.29, 0.717) is 0 Å². The van der Waals surface area contributed by atoms with Crippen molar-refractivity contribution in [1.29, 1.82) is 0 Å². The molecule has 0 fully saturated rings. The monoisotopic (exact) mass is 358 g/mol. The number of fused-ring (bicyclic) bond motifs is 1. The molecule has 2 heterocycles. The molecule has 0 unspecified atom stereocenters. The normalized spacial score (nSPS) is 11.0. The highest BCUT2D eigenvalue weighted by atomic mass is 19.2. The number of imidazole rings is 1. The number of pyridine rings is 1. The van der Waals surface area contributed by atoms with E-state index in [4.69, 9.17) is 4.74 Å². The first-order valence-electron chi connectivity index (χ1n) is 6.59. The van der Waals surface area contributed by atoms with Gasteiger partial charge in [0.05, 0.1) is 24.6 Å². The Morgan fingerprint density at radius 3 is 2.16 bits per heavy atom. The highest BCUT2D eigenvalue weighted by Gasteiger charge is 2.28. The molecule has 0 radical (unpaired) electrons. The van der Waals surface area contributed by atoms with Gasteiger partial charge in [0.1, 0.15) is 5.65 Å². The topological polar surface area (TPSA) is 52.8 Å². The molecule has 0 saturated heterocycles. The number of carbonyl (C=O) groups is 1. The van der Waals surface area contributed by atoms with Crippen LogP contribution in [0, 0.1) is 29.1 Å². The van der Waals surface area contributed by atoms with Crippen molar-refractivity contribution < 1.29 is 36.2 Å². The standard InChI is InChI=1S/C15H7F5N2O3/c1-24-15(23)25-6-2-3-8-21-7(5-22(8)4-6)9-10(16)12(18)14(20)13(19)11(9)17/h2-5H,1H3. The van der Waals surface area contributed by atoms with Crippen molar-refractivity contribution in [3.8, 4) is 17.0 Å². The number of hydrogen-bond donors (Lipinski definition) is 0. The summed E-state index contributed by atoms with van der Waals surface area (Å²) in [4.78, 5) is 14.9. The van der Waals surface area contributed by atoms with E-state index in [0.717, 1.165) is 13.3 Å². The van der Waals surface area contributed by atoms with Crippen molar-refractivity contribution in [1.82, 2.24) is 9.38 Å². The molecule has 0 saturated carbocycles. The highest BCUT2D eigenvalue weighted by molar-refractivity contribution is 5.66. The van der Waals surface area contributed by atoms with Crippen LogP contribution in [-0.2, 0) is 4.74 Å². The third-order valence-electron chi connectivity index (χ3n) is 3.26. The Labute approximate surface area is 136 Å². The number of hydrogen-bond acceptors (Lipinski definition) is 4.